The van der Waals surface area contributed by atoms with Crippen molar-refractivity contribution in [3.63, 3.8) is 0 Å². The highest BCUT2D eigenvalue weighted by atomic mass is 35.5. The van der Waals surface area contributed by atoms with Gasteiger partial charge >= 0.3 is 7.67 Å². The van der Waals surface area contributed by atoms with Crippen molar-refractivity contribution in [3.8, 4) is 0 Å². The van der Waals surface area contributed by atoms with E-state index in [4.69, 9.17) is 32.3 Å². The summed E-state index contributed by atoms with van der Waals surface area (Å²) in [6, 6.07) is 0. The molecule has 0 spiro atoms. The Labute approximate surface area is 139 Å². The minimum absolute atomic E-state index is 0.209. The van der Waals surface area contributed by atoms with Gasteiger partial charge in [0, 0.05) is 30.6 Å². The Morgan fingerprint density at radius 3 is 2.52 bits per heavy atom. The van der Waals surface area contributed by atoms with Gasteiger partial charge in [-0.2, -0.15) is 8.42 Å². The van der Waals surface area contributed by atoms with Gasteiger partial charge in [-0.1, -0.05) is 0 Å². The fourth-order valence-electron chi connectivity index (χ4n) is 1.72. The molecule has 7 nitrogen and oxygen atoms in total. The Morgan fingerprint density at radius 1 is 1.38 bits per heavy atom. The minimum Gasteiger partial charge on any atom is -0.306 e. The largest absolute Gasteiger partial charge is 0.344 e. The number of nitrogens with one attached hydrogen (secondary N) is 1. The predicted octanol–water partition coefficient (Wildman–Crippen LogP) is 1.83. The summed E-state index contributed by atoms with van der Waals surface area (Å²) in [6.45, 7) is 1.05. The number of rotatable bonds is 9. The molecule has 1 aliphatic heterocycles. The molecule has 12 heteroatoms. The SMILES string of the molecule is O=[P@@]1(N(CCCl)CCCl)N[C@@H](SCCS(=O)(=O)O)CCO1. The average molecular weight is 401 g/mol. The van der Waals surface area contributed by atoms with Gasteiger partial charge in [0.25, 0.3) is 10.1 Å². The van der Waals surface area contributed by atoms with E-state index in [-0.39, 0.29) is 16.9 Å². The van der Waals surface area contributed by atoms with Gasteiger partial charge in [0.15, 0.2) is 0 Å². The first-order chi connectivity index (χ1) is 9.80. The van der Waals surface area contributed by atoms with Crippen LogP contribution in [0.25, 0.3) is 0 Å². The van der Waals surface area contributed by atoms with Crippen molar-refractivity contribution < 1.29 is 22.1 Å². The molecule has 0 aromatic heterocycles. The minimum atomic E-state index is -3.98. The molecule has 1 rings (SSSR count). The molecular formula is C9H19Cl2N2O5PS2. The smallest absolute Gasteiger partial charge is 0.306 e. The molecule has 126 valence electrons. The molecule has 0 aromatic carbocycles. The van der Waals surface area contributed by atoms with Crippen molar-refractivity contribution in [2.45, 2.75) is 11.8 Å². The molecule has 0 amide bonds. The summed E-state index contributed by atoms with van der Waals surface area (Å²) in [5.74, 6) is 0.467. The van der Waals surface area contributed by atoms with Crippen LogP contribution in [-0.2, 0) is 19.2 Å². The molecule has 2 N–H and O–H groups in total. The first-order valence-corrected chi connectivity index (χ1v) is 11.6. The van der Waals surface area contributed by atoms with Crippen LogP contribution in [0.4, 0.5) is 0 Å². The van der Waals surface area contributed by atoms with Crippen molar-refractivity contribution in [2.24, 2.45) is 0 Å². The van der Waals surface area contributed by atoms with Crippen LogP contribution < -0.4 is 5.09 Å². The Morgan fingerprint density at radius 2 is 2.00 bits per heavy atom. The zero-order chi connectivity index (χ0) is 15.9. The standard InChI is InChI=1S/C9H19Cl2N2O5PS2/c10-2-4-13(5-3-11)19(14)12-9(1-6-18-19)20-7-8-21(15,16)17/h9H,1-8H2,(H,12,14)(H,15,16,17)/t9-,19-/m0/s1. The topological polar surface area (TPSA) is 95.9 Å². The van der Waals surface area contributed by atoms with Gasteiger partial charge in [-0.3, -0.25) is 9.12 Å². The van der Waals surface area contributed by atoms with E-state index in [0.717, 1.165) is 0 Å². The van der Waals surface area contributed by atoms with E-state index in [1.807, 2.05) is 0 Å². The van der Waals surface area contributed by atoms with Crippen LogP contribution in [0.1, 0.15) is 6.42 Å². The fourth-order valence-corrected chi connectivity index (χ4v) is 6.81. The maximum Gasteiger partial charge on any atom is 0.344 e. The van der Waals surface area contributed by atoms with E-state index >= 15 is 0 Å². The average Bonchev–Trinajstić information content (AvgIpc) is 2.37. The summed E-state index contributed by atoms with van der Waals surface area (Å²) in [4.78, 5) is 0. The Balaban J connectivity index is 2.58. The van der Waals surface area contributed by atoms with Crippen molar-refractivity contribution >= 4 is 52.8 Å². The lowest BCUT2D eigenvalue weighted by Gasteiger charge is -2.36. The van der Waals surface area contributed by atoms with Gasteiger partial charge in [0.1, 0.15) is 0 Å². The summed E-state index contributed by atoms with van der Waals surface area (Å²) < 4.78 is 49.8. The van der Waals surface area contributed by atoms with Crippen LogP contribution in [0, 0.1) is 0 Å². The molecule has 0 radical (unpaired) electrons. The number of hydrogen-bond donors (Lipinski definition) is 2. The van der Waals surface area contributed by atoms with Crippen molar-refractivity contribution in [3.05, 3.63) is 0 Å². The molecule has 0 saturated carbocycles. The third-order valence-electron chi connectivity index (χ3n) is 2.67. The van der Waals surface area contributed by atoms with E-state index in [0.29, 0.717) is 37.9 Å². The van der Waals surface area contributed by atoms with Crippen LogP contribution in [0.3, 0.4) is 0 Å². The normalized spacial score (nSPS) is 27.1. The van der Waals surface area contributed by atoms with Crippen LogP contribution in [0.15, 0.2) is 0 Å². The summed E-state index contributed by atoms with van der Waals surface area (Å²) in [7, 11) is -7.19. The Kier molecular flexibility index (Phi) is 8.85. The highest BCUT2D eigenvalue weighted by molar-refractivity contribution is 8.01. The summed E-state index contributed by atoms with van der Waals surface area (Å²) in [5, 5.41) is 2.71. The van der Waals surface area contributed by atoms with Gasteiger partial charge < -0.3 is 4.52 Å². The maximum absolute atomic E-state index is 12.8. The summed E-state index contributed by atoms with van der Waals surface area (Å²) >= 11 is 12.7. The second kappa shape index (κ2) is 9.30. The lowest BCUT2D eigenvalue weighted by molar-refractivity contribution is 0.227. The number of hydrogen-bond acceptors (Lipinski definition) is 5. The van der Waals surface area contributed by atoms with E-state index in [1.165, 1.54) is 11.8 Å². The Hall–Kier alpha value is 0.950. The highest BCUT2D eigenvalue weighted by Crippen LogP contribution is 2.50. The first-order valence-electron chi connectivity index (χ1n) is 6.27. The second-order valence-corrected chi connectivity index (χ2v) is 10.0. The molecule has 21 heavy (non-hydrogen) atoms. The molecule has 1 aliphatic rings. The van der Waals surface area contributed by atoms with Crippen molar-refractivity contribution in [2.75, 3.05) is 43.0 Å². The lowest BCUT2D eigenvalue weighted by atomic mass is 10.5. The highest BCUT2D eigenvalue weighted by Gasteiger charge is 2.37. The van der Waals surface area contributed by atoms with Gasteiger partial charge in [-0.15, -0.1) is 35.0 Å². The fraction of sp³-hybridized carbons (Fsp3) is 1.00. The molecule has 1 heterocycles. The molecule has 2 atom stereocenters. The first kappa shape index (κ1) is 20.0. The second-order valence-electron chi connectivity index (χ2n) is 4.25. The predicted molar refractivity (Wildman–Crippen MR) is 87.0 cm³/mol. The van der Waals surface area contributed by atoms with Gasteiger partial charge in [0.2, 0.25) is 0 Å². The maximum atomic E-state index is 12.8. The molecule has 0 aliphatic carbocycles. The molecular weight excluding hydrogens is 382 g/mol. The van der Waals surface area contributed by atoms with Crippen molar-refractivity contribution in [1.29, 1.82) is 0 Å². The van der Waals surface area contributed by atoms with Crippen LogP contribution >= 0.6 is 42.6 Å². The third kappa shape index (κ3) is 7.37. The number of nitrogens with zero attached hydrogens (tertiary/aromatic N) is 1. The monoisotopic (exact) mass is 400 g/mol. The number of thioether (sulfide) groups is 1. The van der Waals surface area contributed by atoms with Crippen LogP contribution in [-0.4, -0.2) is 66.0 Å². The summed E-state index contributed by atoms with van der Waals surface area (Å²) in [5.41, 5.74) is 0. The number of alkyl halides is 2. The van der Waals surface area contributed by atoms with E-state index < -0.39 is 17.8 Å². The third-order valence-corrected chi connectivity index (χ3v) is 7.67. The molecule has 0 unspecified atom stereocenters. The number of halogens is 2. The van der Waals surface area contributed by atoms with Crippen molar-refractivity contribution in [1.82, 2.24) is 9.76 Å². The molecule has 1 saturated heterocycles. The zero-order valence-corrected chi connectivity index (χ0v) is 15.3. The zero-order valence-electron chi connectivity index (χ0n) is 11.3. The Bertz CT molecular complexity index is 461. The molecule has 1 fully saturated rings. The van der Waals surface area contributed by atoms with Gasteiger partial charge in [-0.05, 0) is 6.42 Å². The van der Waals surface area contributed by atoms with E-state index in [9.17, 15) is 13.0 Å². The summed E-state index contributed by atoms with van der Waals surface area (Å²) in [6.07, 6.45) is 0.593. The van der Waals surface area contributed by atoms with Crippen LogP contribution in [0.5, 0.6) is 0 Å². The molecule has 0 bridgehead atoms. The van der Waals surface area contributed by atoms with Gasteiger partial charge in [0.05, 0.1) is 17.7 Å². The van der Waals surface area contributed by atoms with Gasteiger partial charge in [-0.25, -0.2) is 9.76 Å². The van der Waals surface area contributed by atoms with Crippen LogP contribution in [0.2, 0.25) is 0 Å². The quantitative estimate of drug-likeness (QED) is 0.343. The van der Waals surface area contributed by atoms with E-state index in [1.54, 1.807) is 4.67 Å². The molecule has 0 aromatic rings. The van der Waals surface area contributed by atoms with E-state index in [2.05, 4.69) is 5.09 Å². The lowest BCUT2D eigenvalue weighted by Crippen LogP contribution is -2.40.